The molecular weight excluding hydrogens is 440 g/mol. The number of nitrogens with two attached hydrogens (primary N) is 1. The highest BCUT2D eigenvalue weighted by molar-refractivity contribution is 6.35. The number of rotatable bonds is 6. The number of phenols is 1. The lowest BCUT2D eigenvalue weighted by molar-refractivity contribution is 0.475. The molecule has 2 aromatic heterocycles. The third kappa shape index (κ3) is 4.25. The lowest BCUT2D eigenvalue weighted by Crippen LogP contribution is -2.27. The predicted octanol–water partition coefficient (Wildman–Crippen LogP) is 4.34. The van der Waals surface area contributed by atoms with Gasteiger partial charge in [-0.05, 0) is 43.5 Å². The van der Waals surface area contributed by atoms with Gasteiger partial charge in [0.1, 0.15) is 23.7 Å². The third-order valence-electron chi connectivity index (χ3n) is 5.32. The maximum Gasteiger partial charge on any atom is 0.260 e. The number of hydrogen-bond donors (Lipinski definition) is 4. The number of hydrogen-bond acceptors (Lipinski definition) is 7. The number of phenolic OH excluding ortho intramolecular Hbond substituents is 1. The van der Waals surface area contributed by atoms with E-state index in [-0.39, 0.29) is 35.4 Å². The van der Waals surface area contributed by atoms with Crippen LogP contribution in [0.5, 0.6) is 5.75 Å². The molecule has 0 unspecified atom stereocenters. The second kappa shape index (κ2) is 8.91. The van der Waals surface area contributed by atoms with Gasteiger partial charge in [0.25, 0.3) is 5.56 Å². The van der Waals surface area contributed by atoms with E-state index < -0.39 is 0 Å². The van der Waals surface area contributed by atoms with Crippen molar-refractivity contribution in [1.82, 2.24) is 14.5 Å². The number of aromatic nitrogens is 3. The fourth-order valence-electron chi connectivity index (χ4n) is 3.85. The number of nitrogen functional groups attached to an aromatic ring is 1. The maximum absolute atomic E-state index is 13.2. The summed E-state index contributed by atoms with van der Waals surface area (Å²) in [7, 11) is 0. The molecule has 0 fully saturated rings. The normalized spacial score (nSPS) is 11.2. The minimum Gasteiger partial charge on any atom is -0.508 e. The molecule has 0 spiro atoms. The molecule has 0 atom stereocenters. The smallest absolute Gasteiger partial charge is 0.260 e. The molecule has 9 heteroatoms. The molecule has 8 nitrogen and oxygen atoms in total. The first-order chi connectivity index (χ1) is 15.8. The number of nitrogens with zero attached hydrogens (tertiary/aromatic N) is 3. The Morgan fingerprint density at radius 2 is 1.97 bits per heavy atom. The van der Waals surface area contributed by atoms with Crippen LogP contribution in [0.25, 0.3) is 10.8 Å². The molecule has 5 N–H and O–H groups in total. The largest absolute Gasteiger partial charge is 0.508 e. The Morgan fingerprint density at radius 1 is 1.21 bits per heavy atom. The summed E-state index contributed by atoms with van der Waals surface area (Å²) in [6.45, 7) is 4.12. The second-order valence-electron chi connectivity index (χ2n) is 7.87. The van der Waals surface area contributed by atoms with Gasteiger partial charge in [0.2, 0.25) is 0 Å². The van der Waals surface area contributed by atoms with E-state index in [9.17, 15) is 9.90 Å². The van der Waals surface area contributed by atoms with E-state index in [4.69, 9.17) is 22.7 Å². The van der Waals surface area contributed by atoms with E-state index in [2.05, 4.69) is 15.3 Å². The molecule has 0 radical (unpaired) electrons. The van der Waals surface area contributed by atoms with E-state index in [0.29, 0.717) is 27.4 Å². The van der Waals surface area contributed by atoms with Gasteiger partial charge in [0, 0.05) is 17.3 Å². The van der Waals surface area contributed by atoms with Gasteiger partial charge in [0.15, 0.2) is 0 Å². The van der Waals surface area contributed by atoms with Crippen LogP contribution in [0.15, 0.2) is 59.7 Å². The van der Waals surface area contributed by atoms with Crippen molar-refractivity contribution in [2.24, 2.45) is 0 Å². The highest BCUT2D eigenvalue weighted by atomic mass is 35.5. The lowest BCUT2D eigenvalue weighted by Gasteiger charge is -2.20. The Hall–Kier alpha value is -3.91. The molecule has 4 rings (SSSR count). The molecule has 0 saturated heterocycles. The van der Waals surface area contributed by atoms with Crippen molar-refractivity contribution in [3.63, 3.8) is 0 Å². The molecule has 2 aromatic carbocycles. The number of nitrogens with one attached hydrogen (secondary N) is 2. The van der Waals surface area contributed by atoms with Crippen molar-refractivity contribution in [1.29, 1.82) is 5.41 Å². The van der Waals surface area contributed by atoms with Crippen molar-refractivity contribution in [2.45, 2.75) is 26.4 Å². The van der Waals surface area contributed by atoms with Gasteiger partial charge in [-0.15, -0.1) is 0 Å². The fraction of sp³-hybridized carbons (Fsp3) is 0.167. The van der Waals surface area contributed by atoms with Crippen LogP contribution in [-0.2, 0) is 6.54 Å². The molecule has 2 heterocycles. The Morgan fingerprint density at radius 3 is 2.70 bits per heavy atom. The fourth-order valence-corrected chi connectivity index (χ4v) is 4.11. The number of fused-ring (bicyclic) bond motifs is 1. The number of aromatic hydroxyl groups is 1. The van der Waals surface area contributed by atoms with Crippen molar-refractivity contribution < 1.29 is 5.11 Å². The first-order valence-electron chi connectivity index (χ1n) is 10.3. The van der Waals surface area contributed by atoms with E-state index in [1.807, 2.05) is 26.0 Å². The van der Waals surface area contributed by atoms with Crippen LogP contribution in [0.2, 0.25) is 5.02 Å². The highest BCUT2D eigenvalue weighted by Crippen LogP contribution is 2.26. The Labute approximate surface area is 195 Å². The van der Waals surface area contributed by atoms with Gasteiger partial charge >= 0.3 is 0 Å². The Kier molecular flexibility index (Phi) is 6.02. The molecule has 168 valence electrons. The van der Waals surface area contributed by atoms with E-state index in [1.54, 1.807) is 28.8 Å². The zero-order chi connectivity index (χ0) is 23.7. The standard InChI is InChI=1S/C24H23ClN6O2/c1-13(2)31-16(9-14-5-4-8-18(25)19(14)24(31)33)11-28-23-20(22(27)29-12-30-23)21(26)15-6-3-7-17(32)10-15/h3-10,12-13,26,32H,11H2,1-2H3,(H3,27,28,29,30). The van der Waals surface area contributed by atoms with Crippen LogP contribution in [0.4, 0.5) is 11.6 Å². The number of anilines is 2. The zero-order valence-corrected chi connectivity index (χ0v) is 18.9. The Balaban J connectivity index is 1.75. The minimum absolute atomic E-state index is 0.0398. The summed E-state index contributed by atoms with van der Waals surface area (Å²) in [5.74, 6) is 0.523. The quantitative estimate of drug-likeness (QED) is 0.315. The van der Waals surface area contributed by atoms with Crippen molar-refractivity contribution in [2.75, 3.05) is 11.1 Å². The van der Waals surface area contributed by atoms with Crippen LogP contribution in [0, 0.1) is 5.41 Å². The highest BCUT2D eigenvalue weighted by Gasteiger charge is 2.18. The summed E-state index contributed by atoms with van der Waals surface area (Å²) in [4.78, 5) is 21.5. The first-order valence-corrected chi connectivity index (χ1v) is 10.7. The summed E-state index contributed by atoms with van der Waals surface area (Å²) in [6.07, 6.45) is 1.31. The third-order valence-corrected chi connectivity index (χ3v) is 5.64. The van der Waals surface area contributed by atoms with Crippen LogP contribution in [-0.4, -0.2) is 25.4 Å². The maximum atomic E-state index is 13.2. The second-order valence-corrected chi connectivity index (χ2v) is 8.28. The van der Waals surface area contributed by atoms with Gasteiger partial charge < -0.3 is 20.7 Å². The number of halogens is 1. The minimum atomic E-state index is -0.167. The van der Waals surface area contributed by atoms with Crippen molar-refractivity contribution >= 4 is 39.7 Å². The molecule has 0 aliphatic carbocycles. The molecule has 0 bridgehead atoms. The molecule has 0 aliphatic rings. The van der Waals surface area contributed by atoms with Crippen molar-refractivity contribution in [3.8, 4) is 5.75 Å². The molecule has 0 saturated carbocycles. The summed E-state index contributed by atoms with van der Waals surface area (Å²) >= 11 is 6.31. The summed E-state index contributed by atoms with van der Waals surface area (Å²) < 4.78 is 1.69. The molecule has 0 amide bonds. The molecule has 4 aromatic rings. The van der Waals surface area contributed by atoms with Crippen molar-refractivity contribution in [3.05, 3.63) is 87.1 Å². The Bertz CT molecular complexity index is 1430. The van der Waals surface area contributed by atoms with Gasteiger partial charge in [-0.2, -0.15) is 0 Å². The van der Waals surface area contributed by atoms with Gasteiger partial charge in [0.05, 0.1) is 28.2 Å². The van der Waals surface area contributed by atoms with Gasteiger partial charge in [-0.1, -0.05) is 35.9 Å². The first kappa shape index (κ1) is 22.3. The van der Waals surface area contributed by atoms with Crippen LogP contribution >= 0.6 is 11.6 Å². The van der Waals surface area contributed by atoms with Gasteiger partial charge in [-0.3, -0.25) is 10.2 Å². The van der Waals surface area contributed by atoms with Crippen LogP contribution in [0.1, 0.15) is 36.7 Å². The summed E-state index contributed by atoms with van der Waals surface area (Å²) in [6, 6.07) is 13.5. The molecular formula is C24H23ClN6O2. The predicted molar refractivity (Wildman–Crippen MR) is 131 cm³/mol. The summed E-state index contributed by atoms with van der Waals surface area (Å²) in [5, 5.41) is 23.3. The SMILES string of the molecule is CC(C)n1c(CNc2ncnc(N)c2C(=N)c2cccc(O)c2)cc2cccc(Cl)c2c1=O. The monoisotopic (exact) mass is 462 g/mol. The van der Waals surface area contributed by atoms with E-state index in [0.717, 1.165) is 11.1 Å². The topological polar surface area (TPSA) is 130 Å². The number of benzene rings is 2. The van der Waals surface area contributed by atoms with E-state index >= 15 is 0 Å². The number of pyridine rings is 1. The average molecular weight is 463 g/mol. The average Bonchev–Trinajstić information content (AvgIpc) is 2.77. The van der Waals surface area contributed by atoms with E-state index in [1.165, 1.54) is 18.5 Å². The lowest BCUT2D eigenvalue weighted by atomic mass is 10.0. The molecule has 0 aliphatic heterocycles. The summed E-state index contributed by atoms with van der Waals surface area (Å²) in [5.41, 5.74) is 7.51. The van der Waals surface area contributed by atoms with Gasteiger partial charge in [-0.25, -0.2) is 9.97 Å². The van der Waals surface area contributed by atoms with Crippen LogP contribution in [0.3, 0.4) is 0 Å². The van der Waals surface area contributed by atoms with Crippen LogP contribution < -0.4 is 16.6 Å². The molecule has 33 heavy (non-hydrogen) atoms. The zero-order valence-electron chi connectivity index (χ0n) is 18.1.